The Labute approximate surface area is 225 Å². The van der Waals surface area contributed by atoms with Gasteiger partial charge < -0.3 is 14.6 Å². The summed E-state index contributed by atoms with van der Waals surface area (Å²) < 4.78 is 61.1. The molecule has 1 N–H and O–H groups in total. The summed E-state index contributed by atoms with van der Waals surface area (Å²) in [6.45, 7) is 2.08. The van der Waals surface area contributed by atoms with Gasteiger partial charge >= 0.3 is 0 Å². The fourth-order valence-electron chi connectivity index (χ4n) is 5.06. The van der Waals surface area contributed by atoms with Gasteiger partial charge in [0.05, 0.1) is 17.8 Å². The maximum absolute atomic E-state index is 15.5. The number of hydrogen-bond acceptors (Lipinski definition) is 5. The third-order valence-corrected chi connectivity index (χ3v) is 7.87. The van der Waals surface area contributed by atoms with E-state index in [0.717, 1.165) is 65.0 Å². The number of fused-ring (bicyclic) bond motifs is 1. The third-order valence-electron chi connectivity index (χ3n) is 6.81. The minimum absolute atomic E-state index is 0.0444. The molecule has 4 nitrogen and oxygen atoms in total. The van der Waals surface area contributed by atoms with E-state index in [0.29, 0.717) is 24.2 Å². The molecule has 0 saturated carbocycles. The van der Waals surface area contributed by atoms with Crippen molar-refractivity contribution in [2.45, 2.75) is 30.3 Å². The van der Waals surface area contributed by atoms with Crippen LogP contribution in [0.2, 0.25) is 0 Å². The van der Waals surface area contributed by atoms with Crippen LogP contribution in [0.15, 0.2) is 65.6 Å². The first-order valence-corrected chi connectivity index (χ1v) is 13.4. The van der Waals surface area contributed by atoms with E-state index < -0.39 is 12.9 Å². The number of benzene rings is 3. The molecule has 0 unspecified atom stereocenters. The van der Waals surface area contributed by atoms with Crippen LogP contribution in [0.5, 0.6) is 17.2 Å². The number of methoxy groups -OCH3 is 1. The SMILES string of the molecule is [2H]C([2H])([2H])Oc1ccc(C2=C(c3ccc(O[C@H]4CCN(CCCF)C4)cc3)c3ccc(O)cc3SCC2)c(F)c1. The molecule has 7 heteroatoms. The average molecular weight is 527 g/mol. The number of rotatable bonds is 8. The first-order valence-electron chi connectivity index (χ1n) is 13.9. The summed E-state index contributed by atoms with van der Waals surface area (Å²) in [7, 11) is -2.67. The highest BCUT2D eigenvalue weighted by atomic mass is 32.2. The van der Waals surface area contributed by atoms with Crippen LogP contribution in [0.3, 0.4) is 0 Å². The monoisotopic (exact) mass is 526 g/mol. The quantitative estimate of drug-likeness (QED) is 0.349. The van der Waals surface area contributed by atoms with Crippen LogP contribution in [0.25, 0.3) is 11.1 Å². The predicted molar refractivity (Wildman–Crippen MR) is 145 cm³/mol. The summed E-state index contributed by atoms with van der Waals surface area (Å²) in [5, 5.41) is 10.1. The van der Waals surface area contributed by atoms with E-state index in [2.05, 4.69) is 4.90 Å². The molecule has 0 aromatic heterocycles. The number of thioether (sulfide) groups is 1. The van der Waals surface area contributed by atoms with Gasteiger partial charge in [-0.15, -0.1) is 11.8 Å². The van der Waals surface area contributed by atoms with Crippen LogP contribution in [0, 0.1) is 5.82 Å². The molecule has 2 heterocycles. The summed E-state index contributed by atoms with van der Waals surface area (Å²) in [4.78, 5) is 3.11. The molecule has 0 radical (unpaired) electrons. The van der Waals surface area contributed by atoms with Gasteiger partial charge in [-0.3, -0.25) is 9.29 Å². The first-order chi connectivity index (χ1) is 19.2. The first kappa shape index (κ1) is 22.0. The zero-order valence-electron chi connectivity index (χ0n) is 23.4. The summed E-state index contributed by atoms with van der Waals surface area (Å²) in [5.41, 5.74) is 3.74. The van der Waals surface area contributed by atoms with Crippen molar-refractivity contribution in [2.75, 3.05) is 39.1 Å². The van der Waals surface area contributed by atoms with Crippen LogP contribution in [0.1, 0.15) is 40.1 Å². The van der Waals surface area contributed by atoms with Crippen molar-refractivity contribution in [3.05, 3.63) is 83.2 Å². The Balaban J connectivity index is 1.49. The molecular weight excluding hydrogens is 492 g/mol. The highest BCUT2D eigenvalue weighted by molar-refractivity contribution is 7.99. The smallest absolute Gasteiger partial charge is 0.134 e. The number of ether oxygens (including phenoxy) is 2. The van der Waals surface area contributed by atoms with Crippen LogP contribution in [-0.2, 0) is 0 Å². The molecule has 0 spiro atoms. The summed E-state index contributed by atoms with van der Waals surface area (Å²) in [5.74, 6) is 0.930. The lowest BCUT2D eigenvalue weighted by atomic mass is 9.88. The van der Waals surface area contributed by atoms with Crippen molar-refractivity contribution in [2.24, 2.45) is 0 Å². The number of halogens is 2. The van der Waals surface area contributed by atoms with Crippen LogP contribution in [0.4, 0.5) is 8.78 Å². The second-order valence-corrected chi connectivity index (χ2v) is 10.4. The number of alkyl halides is 1. The lowest BCUT2D eigenvalue weighted by Crippen LogP contribution is -2.26. The van der Waals surface area contributed by atoms with Crippen molar-refractivity contribution < 1.29 is 27.5 Å². The maximum atomic E-state index is 15.5. The Hall–Kier alpha value is -3.03. The van der Waals surface area contributed by atoms with Gasteiger partial charge in [0.2, 0.25) is 0 Å². The van der Waals surface area contributed by atoms with Gasteiger partial charge in [-0.25, -0.2) is 4.39 Å². The van der Waals surface area contributed by atoms with Crippen LogP contribution >= 0.6 is 11.8 Å². The van der Waals surface area contributed by atoms with Gasteiger partial charge in [0.25, 0.3) is 0 Å². The molecule has 194 valence electrons. The Morgan fingerprint density at radius 1 is 1.08 bits per heavy atom. The van der Waals surface area contributed by atoms with Gasteiger partial charge in [-0.1, -0.05) is 12.1 Å². The topological polar surface area (TPSA) is 41.9 Å². The molecule has 3 aromatic rings. The fourth-order valence-corrected chi connectivity index (χ4v) is 6.12. The Morgan fingerprint density at radius 2 is 1.89 bits per heavy atom. The van der Waals surface area contributed by atoms with E-state index in [1.807, 2.05) is 30.3 Å². The predicted octanol–water partition coefficient (Wildman–Crippen LogP) is 6.81. The second kappa shape index (κ2) is 11.6. The number of allylic oxidation sites excluding steroid dienone is 1. The van der Waals surface area contributed by atoms with Gasteiger partial charge in [0, 0.05) is 41.9 Å². The molecule has 3 aromatic carbocycles. The summed E-state index contributed by atoms with van der Waals surface area (Å²) >= 11 is 1.59. The van der Waals surface area contributed by atoms with E-state index in [1.165, 1.54) is 6.07 Å². The Bertz CT molecular complexity index is 1380. The molecule has 37 heavy (non-hydrogen) atoms. The van der Waals surface area contributed by atoms with Crippen molar-refractivity contribution in [3.63, 3.8) is 0 Å². The molecule has 1 fully saturated rings. The fraction of sp³-hybridized carbons (Fsp3) is 0.333. The molecule has 2 aliphatic rings. The summed E-state index contributed by atoms with van der Waals surface area (Å²) in [6.07, 6.45) is 2.02. The highest BCUT2D eigenvalue weighted by Gasteiger charge is 2.25. The zero-order chi connectivity index (χ0) is 28.3. The molecule has 0 amide bonds. The number of nitrogens with zero attached hydrogens (tertiary/aromatic N) is 1. The zero-order valence-corrected chi connectivity index (χ0v) is 21.2. The van der Waals surface area contributed by atoms with Gasteiger partial charge in [-0.05, 0) is 84.0 Å². The minimum atomic E-state index is -2.67. The van der Waals surface area contributed by atoms with E-state index in [9.17, 15) is 9.50 Å². The Kier molecular flexibility index (Phi) is 6.88. The largest absolute Gasteiger partial charge is 0.508 e. The number of likely N-dealkylation sites (tertiary alicyclic amines) is 1. The van der Waals surface area contributed by atoms with E-state index in [-0.39, 0.29) is 24.3 Å². The standard InChI is InChI=1S/C30H31F2NO3S/c1-35-23-8-10-25(28(32)18-23)26-12-16-37-29-17-21(34)5-9-27(29)30(26)20-3-6-22(7-4-20)36-24-11-15-33(19-24)14-2-13-31/h3-10,17-18,24,34H,2,11-16,19H2,1H3/t24-/m0/s1/i1D3. The molecular formula is C30H31F2NO3S. The lowest BCUT2D eigenvalue weighted by molar-refractivity contribution is 0.198. The molecule has 5 rings (SSSR count). The molecule has 1 atom stereocenters. The number of aromatic hydroxyl groups is 1. The van der Waals surface area contributed by atoms with Gasteiger partial charge in [0.1, 0.15) is 29.2 Å². The van der Waals surface area contributed by atoms with Crippen LogP contribution < -0.4 is 9.47 Å². The van der Waals surface area contributed by atoms with Crippen molar-refractivity contribution in [3.8, 4) is 17.2 Å². The summed E-state index contributed by atoms with van der Waals surface area (Å²) in [6, 6.07) is 17.1. The van der Waals surface area contributed by atoms with E-state index >= 15 is 4.39 Å². The third kappa shape index (κ3) is 5.78. The van der Waals surface area contributed by atoms with E-state index in [1.54, 1.807) is 30.0 Å². The van der Waals surface area contributed by atoms with Crippen molar-refractivity contribution >= 4 is 22.9 Å². The van der Waals surface area contributed by atoms with Crippen molar-refractivity contribution in [1.82, 2.24) is 4.90 Å². The number of phenols is 1. The number of phenolic OH excluding ortho intramolecular Hbond substituents is 1. The molecule has 2 aliphatic heterocycles. The lowest BCUT2D eigenvalue weighted by Gasteiger charge is -2.19. The average Bonchev–Trinajstić information content (AvgIpc) is 3.26. The van der Waals surface area contributed by atoms with Crippen molar-refractivity contribution in [1.29, 1.82) is 0 Å². The normalized spacial score (nSPS) is 19.5. The van der Waals surface area contributed by atoms with Gasteiger partial charge in [-0.2, -0.15) is 0 Å². The van der Waals surface area contributed by atoms with E-state index in [4.69, 9.17) is 13.6 Å². The maximum Gasteiger partial charge on any atom is 0.134 e. The Morgan fingerprint density at radius 3 is 2.68 bits per heavy atom. The van der Waals surface area contributed by atoms with Crippen LogP contribution in [-0.4, -0.2) is 55.2 Å². The van der Waals surface area contributed by atoms with Gasteiger partial charge in [0.15, 0.2) is 0 Å². The minimum Gasteiger partial charge on any atom is -0.508 e. The number of hydrogen-bond donors (Lipinski definition) is 1. The molecule has 0 bridgehead atoms. The molecule has 1 saturated heterocycles. The second-order valence-electron chi connectivity index (χ2n) is 9.27. The molecule has 0 aliphatic carbocycles. The highest BCUT2D eigenvalue weighted by Crippen LogP contribution is 2.44.